The van der Waals surface area contributed by atoms with Crippen LogP contribution in [0.5, 0.6) is 0 Å². The van der Waals surface area contributed by atoms with Crippen LogP contribution in [0.15, 0.2) is 59.6 Å². The Bertz CT molecular complexity index is 841. The van der Waals surface area contributed by atoms with Gasteiger partial charge in [-0.25, -0.2) is 9.38 Å². The van der Waals surface area contributed by atoms with Gasteiger partial charge in [-0.2, -0.15) is 0 Å². The number of hydrogen-bond donors (Lipinski definition) is 0. The number of para-hydroxylation sites is 1. The van der Waals surface area contributed by atoms with Gasteiger partial charge in [-0.05, 0) is 42.3 Å². The SMILES string of the molecule is CCN1CCN(C2=Nc3ccccc3CC=C2c2ccc(F)cc2)CC1.Cl.Cl. The maximum absolute atomic E-state index is 13.4. The smallest absolute Gasteiger partial charge is 0.136 e. The summed E-state index contributed by atoms with van der Waals surface area (Å²) >= 11 is 0. The van der Waals surface area contributed by atoms with Crippen LogP contribution in [0.3, 0.4) is 0 Å². The van der Waals surface area contributed by atoms with Gasteiger partial charge in [0.05, 0.1) is 5.69 Å². The molecule has 0 bridgehead atoms. The van der Waals surface area contributed by atoms with Gasteiger partial charge in [0.2, 0.25) is 0 Å². The number of allylic oxidation sites excluding steroid dienone is 1. The topological polar surface area (TPSA) is 18.8 Å². The molecule has 0 unspecified atom stereocenters. The molecule has 2 aliphatic rings. The van der Waals surface area contributed by atoms with Gasteiger partial charge in [-0.15, -0.1) is 24.8 Å². The van der Waals surface area contributed by atoms with E-state index in [4.69, 9.17) is 4.99 Å². The Balaban J connectivity index is 0.00000140. The lowest BCUT2D eigenvalue weighted by Crippen LogP contribution is -2.48. The minimum atomic E-state index is -0.207. The molecule has 28 heavy (non-hydrogen) atoms. The highest BCUT2D eigenvalue weighted by Gasteiger charge is 2.24. The van der Waals surface area contributed by atoms with Crippen molar-refractivity contribution in [1.82, 2.24) is 9.80 Å². The Labute approximate surface area is 178 Å². The molecule has 0 aliphatic carbocycles. The molecule has 0 saturated carbocycles. The summed E-state index contributed by atoms with van der Waals surface area (Å²) in [4.78, 5) is 9.90. The van der Waals surface area contributed by atoms with E-state index in [1.165, 1.54) is 17.7 Å². The number of rotatable bonds is 2. The summed E-state index contributed by atoms with van der Waals surface area (Å²) in [6, 6.07) is 15.1. The van der Waals surface area contributed by atoms with Crippen LogP contribution in [-0.4, -0.2) is 48.4 Å². The summed E-state index contributed by atoms with van der Waals surface area (Å²) in [6.45, 7) is 7.32. The van der Waals surface area contributed by atoms with E-state index < -0.39 is 0 Å². The second-order valence-electron chi connectivity index (χ2n) is 6.81. The Morgan fingerprint density at radius 1 is 0.929 bits per heavy atom. The van der Waals surface area contributed by atoms with Crippen LogP contribution in [-0.2, 0) is 6.42 Å². The molecule has 1 saturated heterocycles. The summed E-state index contributed by atoms with van der Waals surface area (Å²) in [5.74, 6) is 0.804. The molecular formula is C22H26Cl2FN3. The van der Waals surface area contributed by atoms with E-state index >= 15 is 0 Å². The minimum absolute atomic E-state index is 0. The van der Waals surface area contributed by atoms with Crippen LogP contribution in [0.1, 0.15) is 18.1 Å². The molecule has 0 aromatic heterocycles. The van der Waals surface area contributed by atoms with Gasteiger partial charge in [-0.3, -0.25) is 0 Å². The zero-order valence-corrected chi connectivity index (χ0v) is 17.6. The summed E-state index contributed by atoms with van der Waals surface area (Å²) in [7, 11) is 0. The van der Waals surface area contributed by atoms with Crippen molar-refractivity contribution in [3.8, 4) is 0 Å². The first-order chi connectivity index (χ1) is 12.7. The monoisotopic (exact) mass is 421 g/mol. The van der Waals surface area contributed by atoms with Crippen LogP contribution in [0.25, 0.3) is 5.57 Å². The minimum Gasteiger partial charge on any atom is -0.354 e. The Kier molecular flexibility index (Phi) is 8.05. The lowest BCUT2D eigenvalue weighted by atomic mass is 10.0. The van der Waals surface area contributed by atoms with Crippen LogP contribution in [0.4, 0.5) is 10.1 Å². The second-order valence-corrected chi connectivity index (χ2v) is 6.81. The van der Waals surface area contributed by atoms with Crippen LogP contribution in [0, 0.1) is 5.82 Å². The first-order valence-corrected chi connectivity index (χ1v) is 9.35. The third-order valence-corrected chi connectivity index (χ3v) is 5.26. The number of aliphatic imine (C=N–C) groups is 1. The summed E-state index contributed by atoms with van der Waals surface area (Å²) < 4.78 is 13.4. The quantitative estimate of drug-likeness (QED) is 0.680. The van der Waals surface area contributed by atoms with Crippen molar-refractivity contribution >= 4 is 41.9 Å². The summed E-state index contributed by atoms with van der Waals surface area (Å²) in [5.41, 5.74) is 4.39. The zero-order valence-electron chi connectivity index (χ0n) is 16.0. The van der Waals surface area contributed by atoms with Gasteiger partial charge in [-0.1, -0.05) is 43.3 Å². The number of likely N-dealkylation sites (N-methyl/N-ethyl adjacent to an activating group) is 1. The van der Waals surface area contributed by atoms with Crippen LogP contribution in [0.2, 0.25) is 0 Å². The van der Waals surface area contributed by atoms with Gasteiger partial charge in [0.15, 0.2) is 0 Å². The predicted octanol–water partition coefficient (Wildman–Crippen LogP) is 4.98. The van der Waals surface area contributed by atoms with Crippen LogP contribution >= 0.6 is 24.8 Å². The lowest BCUT2D eigenvalue weighted by molar-refractivity contribution is 0.191. The molecule has 2 aromatic rings. The third-order valence-electron chi connectivity index (χ3n) is 5.26. The molecule has 0 N–H and O–H groups in total. The molecule has 0 atom stereocenters. The second kappa shape index (κ2) is 10.1. The first-order valence-electron chi connectivity index (χ1n) is 9.35. The van der Waals surface area contributed by atoms with Gasteiger partial charge in [0.1, 0.15) is 11.7 Å². The van der Waals surface area contributed by atoms with Gasteiger partial charge < -0.3 is 9.80 Å². The van der Waals surface area contributed by atoms with E-state index in [1.807, 2.05) is 18.2 Å². The fourth-order valence-electron chi connectivity index (χ4n) is 3.66. The molecule has 0 radical (unpaired) electrons. The third kappa shape index (κ3) is 4.75. The largest absolute Gasteiger partial charge is 0.354 e. The number of halogens is 3. The van der Waals surface area contributed by atoms with Crippen molar-refractivity contribution in [2.24, 2.45) is 4.99 Å². The summed E-state index contributed by atoms with van der Waals surface area (Å²) in [6.07, 6.45) is 3.08. The van der Waals surface area contributed by atoms with Gasteiger partial charge >= 0.3 is 0 Å². The fourth-order valence-corrected chi connectivity index (χ4v) is 3.66. The molecule has 0 amide bonds. The highest BCUT2D eigenvalue weighted by atomic mass is 35.5. The van der Waals surface area contributed by atoms with Crippen molar-refractivity contribution < 1.29 is 4.39 Å². The molecule has 0 spiro atoms. The number of fused-ring (bicyclic) bond motifs is 1. The first kappa shape index (κ1) is 22.4. The molecule has 2 aliphatic heterocycles. The maximum Gasteiger partial charge on any atom is 0.136 e. The molecular weight excluding hydrogens is 396 g/mol. The molecule has 3 nitrogen and oxygen atoms in total. The highest BCUT2D eigenvalue weighted by molar-refractivity contribution is 6.23. The van der Waals surface area contributed by atoms with E-state index in [9.17, 15) is 4.39 Å². The van der Waals surface area contributed by atoms with E-state index in [2.05, 4.69) is 41.0 Å². The van der Waals surface area contributed by atoms with E-state index in [1.54, 1.807) is 0 Å². The highest BCUT2D eigenvalue weighted by Crippen LogP contribution is 2.30. The van der Waals surface area contributed by atoms with E-state index in [-0.39, 0.29) is 30.6 Å². The molecule has 2 heterocycles. The standard InChI is InChI=1S/C22H24FN3.2ClH/c1-2-25-13-15-26(16-14-25)22-20(17-7-10-19(23)11-8-17)12-9-18-5-3-4-6-21(18)24-22;;/h3-8,10-12H,2,9,13-16H2,1H3;2*1H. The molecule has 2 aromatic carbocycles. The van der Waals surface area contributed by atoms with Crippen molar-refractivity contribution in [3.05, 3.63) is 71.6 Å². The molecule has 4 rings (SSSR count). The van der Waals surface area contributed by atoms with Crippen molar-refractivity contribution in [3.63, 3.8) is 0 Å². The lowest BCUT2D eigenvalue weighted by Gasteiger charge is -2.36. The molecule has 1 fully saturated rings. The Hall–Kier alpha value is -1.88. The number of amidine groups is 1. The predicted molar refractivity (Wildman–Crippen MR) is 120 cm³/mol. The Morgan fingerprint density at radius 3 is 2.29 bits per heavy atom. The maximum atomic E-state index is 13.4. The average molecular weight is 422 g/mol. The van der Waals surface area contributed by atoms with Gasteiger partial charge in [0, 0.05) is 31.8 Å². The van der Waals surface area contributed by atoms with Crippen LogP contribution < -0.4 is 0 Å². The molecule has 150 valence electrons. The molecule has 6 heteroatoms. The fraction of sp³-hybridized carbons (Fsp3) is 0.318. The number of hydrogen-bond acceptors (Lipinski definition) is 3. The van der Waals surface area contributed by atoms with Crippen molar-refractivity contribution in [1.29, 1.82) is 0 Å². The number of piperazine rings is 1. The average Bonchev–Trinajstić information content (AvgIpc) is 2.88. The van der Waals surface area contributed by atoms with E-state index in [0.717, 1.165) is 61.8 Å². The van der Waals surface area contributed by atoms with Crippen molar-refractivity contribution in [2.75, 3.05) is 32.7 Å². The number of benzene rings is 2. The zero-order chi connectivity index (χ0) is 17.9. The van der Waals surface area contributed by atoms with E-state index in [0.29, 0.717) is 0 Å². The normalized spacial score (nSPS) is 16.7. The van der Waals surface area contributed by atoms with Gasteiger partial charge in [0.25, 0.3) is 0 Å². The Morgan fingerprint density at radius 2 is 1.61 bits per heavy atom. The van der Waals surface area contributed by atoms with Crippen molar-refractivity contribution in [2.45, 2.75) is 13.3 Å². The number of nitrogens with zero attached hydrogens (tertiary/aromatic N) is 3. The summed E-state index contributed by atoms with van der Waals surface area (Å²) in [5, 5.41) is 0.